The predicted molar refractivity (Wildman–Crippen MR) is 225 cm³/mol. The molecule has 274 valence electrons. The van der Waals surface area contributed by atoms with Gasteiger partial charge in [0.05, 0.1) is 19.3 Å². The van der Waals surface area contributed by atoms with Crippen molar-refractivity contribution in [2.75, 3.05) is 23.0 Å². The van der Waals surface area contributed by atoms with Crippen molar-refractivity contribution in [2.24, 2.45) is 0 Å². The maximum Gasteiger partial charge on any atom is 0.226 e. The first-order valence-electron chi connectivity index (χ1n) is 19.8. The lowest BCUT2D eigenvalue weighted by atomic mass is 9.28. The molecule has 0 saturated carbocycles. The fourth-order valence-electron chi connectivity index (χ4n) is 8.79. The van der Waals surface area contributed by atoms with Gasteiger partial charge in [-0.2, -0.15) is 0 Å². The van der Waals surface area contributed by atoms with E-state index in [1.807, 2.05) is 0 Å². The molecule has 0 saturated heterocycles. The number of hydrogen-bond acceptors (Lipinski definition) is 4. The molecular formula is C48H57BN2O2. The van der Waals surface area contributed by atoms with Crippen molar-refractivity contribution >= 4 is 46.1 Å². The summed E-state index contributed by atoms with van der Waals surface area (Å²) < 4.78 is 13.2. The van der Waals surface area contributed by atoms with E-state index in [1.165, 1.54) is 61.6 Å². The van der Waals surface area contributed by atoms with E-state index < -0.39 is 0 Å². The molecule has 3 heterocycles. The zero-order valence-corrected chi connectivity index (χ0v) is 33.8. The zero-order valence-electron chi connectivity index (χ0n) is 33.8. The van der Waals surface area contributed by atoms with Crippen LogP contribution in [0, 0.1) is 0 Å². The third kappa shape index (κ3) is 6.09. The van der Waals surface area contributed by atoms with Gasteiger partial charge in [-0.05, 0) is 110 Å². The molecular weight excluding hydrogens is 647 g/mol. The highest BCUT2D eigenvalue weighted by molar-refractivity contribution is 6.91. The molecule has 53 heavy (non-hydrogen) atoms. The Bertz CT molecular complexity index is 2110. The first kappa shape index (κ1) is 35.6. The summed E-state index contributed by atoms with van der Waals surface area (Å²) in [6.07, 6.45) is 5.52. The molecule has 0 bridgehead atoms. The Morgan fingerprint density at radius 3 is 1.81 bits per heavy atom. The van der Waals surface area contributed by atoms with Crippen molar-refractivity contribution in [1.29, 1.82) is 0 Å². The van der Waals surface area contributed by atoms with E-state index in [0.29, 0.717) is 19.1 Å². The lowest BCUT2D eigenvalue weighted by Gasteiger charge is -2.51. The van der Waals surface area contributed by atoms with Crippen LogP contribution >= 0.6 is 0 Å². The minimum Gasteiger partial charge on any atom is -0.492 e. The van der Waals surface area contributed by atoms with Crippen LogP contribution in [0.4, 0.5) is 28.4 Å². The molecule has 4 aromatic carbocycles. The van der Waals surface area contributed by atoms with E-state index in [2.05, 4.69) is 177 Å². The van der Waals surface area contributed by atoms with Gasteiger partial charge < -0.3 is 19.3 Å². The van der Waals surface area contributed by atoms with Gasteiger partial charge in [0, 0.05) is 34.9 Å². The van der Waals surface area contributed by atoms with Gasteiger partial charge in [-0.3, -0.25) is 0 Å². The van der Waals surface area contributed by atoms with Gasteiger partial charge in [-0.15, -0.1) is 0 Å². The highest BCUT2D eigenvalue weighted by atomic mass is 16.5. The van der Waals surface area contributed by atoms with Crippen molar-refractivity contribution in [3.05, 3.63) is 125 Å². The number of hydrogen-bond donors (Lipinski definition) is 0. The summed E-state index contributed by atoms with van der Waals surface area (Å²) in [5, 5.41) is 0. The molecule has 2 unspecified atom stereocenters. The Kier molecular flexibility index (Phi) is 8.48. The Morgan fingerprint density at radius 2 is 1.21 bits per heavy atom. The number of anilines is 5. The van der Waals surface area contributed by atoms with E-state index in [-0.39, 0.29) is 34.8 Å². The molecule has 4 aromatic rings. The van der Waals surface area contributed by atoms with Gasteiger partial charge in [-0.1, -0.05) is 119 Å². The number of benzene rings is 4. The maximum atomic E-state index is 6.79. The van der Waals surface area contributed by atoms with Crippen LogP contribution in [0.2, 0.25) is 5.82 Å². The molecule has 0 radical (unpaired) electrons. The van der Waals surface area contributed by atoms with Gasteiger partial charge in [0.15, 0.2) is 11.5 Å². The molecule has 0 spiro atoms. The second-order valence-corrected chi connectivity index (χ2v) is 19.1. The molecule has 0 fully saturated rings. The van der Waals surface area contributed by atoms with E-state index >= 15 is 0 Å². The number of nitrogens with zero attached hydrogens (tertiary/aromatic N) is 2. The van der Waals surface area contributed by atoms with Crippen LogP contribution in [0.25, 0.3) is 0 Å². The number of fused-ring (bicyclic) bond motifs is 5. The van der Waals surface area contributed by atoms with Gasteiger partial charge in [0.2, 0.25) is 6.71 Å². The summed E-state index contributed by atoms with van der Waals surface area (Å²) in [5.41, 5.74) is 14.4. The van der Waals surface area contributed by atoms with Crippen molar-refractivity contribution in [3.8, 4) is 0 Å². The number of ether oxygens (including phenoxy) is 2. The molecule has 1 aliphatic carbocycles. The van der Waals surface area contributed by atoms with E-state index in [9.17, 15) is 0 Å². The Hall–Kier alpha value is -4.38. The molecule has 4 nitrogen and oxygen atoms in total. The van der Waals surface area contributed by atoms with Crippen LogP contribution in [0.1, 0.15) is 111 Å². The first-order chi connectivity index (χ1) is 25.0. The Morgan fingerprint density at radius 1 is 0.642 bits per heavy atom. The van der Waals surface area contributed by atoms with Crippen molar-refractivity contribution in [1.82, 2.24) is 0 Å². The van der Waals surface area contributed by atoms with Crippen LogP contribution in [0.5, 0.6) is 0 Å². The standard InChI is InChI=1S/C48H57BN2O2/c1-30(2)31-27-40-43-41(28-31)51(36-20-15-33(16-21-36)47(6,7)8)44-37(22-24-42-45(44)53-26-12-25-52-42)49(43)38-29-34(48(9,10)11)17-23-39(38)50(40)35-18-13-32(14-19-35)46(3,4)5/h13-24,27-30,37,44H,12,25-26H2,1-11H3. The predicted octanol–water partition coefficient (Wildman–Crippen LogP) is 11.2. The minimum absolute atomic E-state index is 0.00404. The van der Waals surface area contributed by atoms with E-state index in [0.717, 1.165) is 17.9 Å². The fraction of sp³-hybridized carbons (Fsp3) is 0.417. The summed E-state index contributed by atoms with van der Waals surface area (Å²) >= 11 is 0. The Balaban J connectivity index is 1.45. The van der Waals surface area contributed by atoms with Crippen molar-refractivity contribution in [3.63, 3.8) is 0 Å². The number of allylic oxidation sites excluding steroid dienone is 1. The van der Waals surface area contributed by atoms with Gasteiger partial charge in [0.1, 0.15) is 0 Å². The average Bonchev–Trinajstić information content (AvgIpc) is 3.36. The molecule has 5 heteroatoms. The average molecular weight is 705 g/mol. The third-order valence-corrected chi connectivity index (χ3v) is 11.9. The monoisotopic (exact) mass is 704 g/mol. The largest absolute Gasteiger partial charge is 0.492 e. The zero-order chi connectivity index (χ0) is 37.6. The van der Waals surface area contributed by atoms with Crippen molar-refractivity contribution < 1.29 is 9.47 Å². The maximum absolute atomic E-state index is 6.79. The lowest BCUT2D eigenvalue weighted by molar-refractivity contribution is 0.194. The first-order valence-corrected chi connectivity index (χ1v) is 19.8. The van der Waals surface area contributed by atoms with Crippen molar-refractivity contribution in [2.45, 2.75) is 117 Å². The summed E-state index contributed by atoms with van der Waals surface area (Å²) in [6.45, 7) is 26.8. The third-order valence-electron chi connectivity index (χ3n) is 11.9. The second-order valence-electron chi connectivity index (χ2n) is 19.1. The summed E-state index contributed by atoms with van der Waals surface area (Å²) in [6, 6.07) is 30.8. The molecule has 3 aliphatic heterocycles. The van der Waals surface area contributed by atoms with E-state index in [1.54, 1.807) is 0 Å². The Labute approximate surface area is 319 Å². The lowest BCUT2D eigenvalue weighted by Crippen LogP contribution is -2.63. The summed E-state index contributed by atoms with van der Waals surface area (Å²) in [7, 11) is 0. The molecule has 0 aromatic heterocycles. The quantitative estimate of drug-likeness (QED) is 0.198. The minimum atomic E-state index is -0.0647. The normalized spacial score (nSPS) is 19.6. The fourth-order valence-corrected chi connectivity index (χ4v) is 8.79. The molecule has 0 amide bonds. The van der Waals surface area contributed by atoms with E-state index in [4.69, 9.17) is 9.47 Å². The van der Waals surface area contributed by atoms with Crippen LogP contribution in [0.15, 0.2) is 103 Å². The van der Waals surface area contributed by atoms with Gasteiger partial charge in [0.25, 0.3) is 0 Å². The summed E-state index contributed by atoms with van der Waals surface area (Å²) in [4.78, 5) is 5.16. The highest BCUT2D eigenvalue weighted by Crippen LogP contribution is 2.51. The van der Waals surface area contributed by atoms with Crippen LogP contribution in [-0.2, 0) is 25.7 Å². The smallest absolute Gasteiger partial charge is 0.226 e. The molecule has 2 atom stereocenters. The summed E-state index contributed by atoms with van der Waals surface area (Å²) in [5.74, 6) is 2.30. The van der Waals surface area contributed by atoms with Crippen LogP contribution < -0.4 is 20.7 Å². The molecule has 0 N–H and O–H groups in total. The van der Waals surface area contributed by atoms with Crippen LogP contribution in [-0.4, -0.2) is 26.0 Å². The second kappa shape index (κ2) is 12.6. The topological polar surface area (TPSA) is 24.9 Å². The SMILES string of the molecule is CC(C)c1cc2c3c(c1)N(c1ccc(C(C)(C)C)cc1)C1C4=C(C=CC1B3c1cc(C(C)(C)C)ccc1N2c1ccc(C(C)(C)C)cc1)OCCCO4. The van der Waals surface area contributed by atoms with Gasteiger partial charge in [-0.25, -0.2) is 0 Å². The molecule has 8 rings (SSSR count). The highest BCUT2D eigenvalue weighted by Gasteiger charge is 2.53. The van der Waals surface area contributed by atoms with Gasteiger partial charge >= 0.3 is 0 Å². The number of rotatable bonds is 3. The molecule has 4 aliphatic rings. The van der Waals surface area contributed by atoms with Crippen LogP contribution in [0.3, 0.4) is 0 Å².